The SMILES string of the molecule is N#Cc1ccc(-n2c3ccccc3c3cc4c(cc32)-c2ccccc2C42c3ccccc3N(c3ccccc3)c3ccccc32)cc1. The van der Waals surface area contributed by atoms with Gasteiger partial charge in [0.15, 0.2) is 0 Å². The largest absolute Gasteiger partial charge is 0.310 e. The molecule has 3 nitrogen and oxygen atoms in total. The van der Waals surface area contributed by atoms with Gasteiger partial charge in [-0.15, -0.1) is 0 Å². The van der Waals surface area contributed by atoms with E-state index in [0.717, 1.165) is 22.4 Å². The summed E-state index contributed by atoms with van der Waals surface area (Å²) < 4.78 is 2.35. The molecule has 8 aromatic rings. The van der Waals surface area contributed by atoms with Crippen LogP contribution in [-0.4, -0.2) is 4.57 Å². The second-order valence-corrected chi connectivity index (χ2v) is 12.4. The van der Waals surface area contributed by atoms with E-state index in [1.165, 1.54) is 55.5 Å². The van der Waals surface area contributed by atoms with Crippen molar-refractivity contribution in [2.45, 2.75) is 5.41 Å². The molecule has 0 radical (unpaired) electrons. The van der Waals surface area contributed by atoms with Crippen molar-refractivity contribution in [2.75, 3.05) is 4.90 Å². The number of anilines is 3. The minimum Gasteiger partial charge on any atom is -0.310 e. The molecule has 10 rings (SSSR count). The van der Waals surface area contributed by atoms with Crippen LogP contribution in [0.3, 0.4) is 0 Å². The Morgan fingerprint density at radius 2 is 1.06 bits per heavy atom. The highest BCUT2D eigenvalue weighted by atomic mass is 15.2. The van der Waals surface area contributed by atoms with Crippen molar-refractivity contribution in [1.82, 2.24) is 4.57 Å². The summed E-state index contributed by atoms with van der Waals surface area (Å²) in [6, 6.07) is 61.3. The van der Waals surface area contributed by atoms with E-state index < -0.39 is 5.41 Å². The number of hydrogen-bond acceptors (Lipinski definition) is 2. The van der Waals surface area contributed by atoms with Crippen LogP contribution in [0.4, 0.5) is 17.1 Å². The second-order valence-electron chi connectivity index (χ2n) is 12.4. The average molecular weight is 598 g/mol. The molecule has 2 aliphatic rings. The molecule has 0 saturated carbocycles. The molecule has 0 amide bonds. The van der Waals surface area contributed by atoms with Crippen LogP contribution in [0.2, 0.25) is 0 Å². The summed E-state index contributed by atoms with van der Waals surface area (Å²) >= 11 is 0. The number of benzene rings is 7. The minimum atomic E-state index is -0.504. The lowest BCUT2D eigenvalue weighted by molar-refractivity contribution is 0.753. The first kappa shape index (κ1) is 25.9. The third-order valence-corrected chi connectivity index (χ3v) is 10.2. The van der Waals surface area contributed by atoms with Crippen LogP contribution in [0.25, 0.3) is 38.6 Å². The summed E-state index contributed by atoms with van der Waals surface area (Å²) in [5, 5.41) is 11.9. The lowest BCUT2D eigenvalue weighted by Gasteiger charge is -2.45. The van der Waals surface area contributed by atoms with Gasteiger partial charge in [-0.3, -0.25) is 0 Å². The molecule has 0 unspecified atom stereocenters. The fourth-order valence-electron chi connectivity index (χ4n) is 8.38. The third-order valence-electron chi connectivity index (χ3n) is 10.2. The van der Waals surface area contributed by atoms with Gasteiger partial charge in [-0.05, 0) is 100 Å². The second kappa shape index (κ2) is 9.57. The van der Waals surface area contributed by atoms with E-state index in [9.17, 15) is 5.26 Å². The van der Waals surface area contributed by atoms with Gasteiger partial charge in [0.05, 0.1) is 39.5 Å². The van der Waals surface area contributed by atoms with Crippen molar-refractivity contribution in [2.24, 2.45) is 0 Å². The molecule has 2 heterocycles. The number of para-hydroxylation sites is 4. The van der Waals surface area contributed by atoms with Gasteiger partial charge in [-0.1, -0.05) is 97.1 Å². The molecule has 0 atom stereocenters. The molecule has 0 N–H and O–H groups in total. The first-order valence-electron chi connectivity index (χ1n) is 16.0. The van der Waals surface area contributed by atoms with E-state index in [4.69, 9.17) is 0 Å². The number of hydrogen-bond donors (Lipinski definition) is 0. The fraction of sp³-hybridized carbons (Fsp3) is 0.0227. The number of aromatic nitrogens is 1. The Balaban J connectivity index is 1.35. The molecule has 218 valence electrons. The summed E-state index contributed by atoms with van der Waals surface area (Å²) in [6.45, 7) is 0. The zero-order chi connectivity index (χ0) is 31.1. The maximum atomic E-state index is 9.48. The first-order chi connectivity index (χ1) is 23.3. The maximum Gasteiger partial charge on any atom is 0.0991 e. The average Bonchev–Trinajstić information content (AvgIpc) is 3.62. The third kappa shape index (κ3) is 3.34. The molecule has 47 heavy (non-hydrogen) atoms. The van der Waals surface area contributed by atoms with Crippen LogP contribution in [0.1, 0.15) is 27.8 Å². The van der Waals surface area contributed by atoms with Gasteiger partial charge in [-0.2, -0.15) is 5.26 Å². The highest BCUT2D eigenvalue weighted by Crippen LogP contribution is 2.63. The number of nitrogens with zero attached hydrogens (tertiary/aromatic N) is 3. The van der Waals surface area contributed by atoms with E-state index in [1.807, 2.05) is 12.1 Å². The molecule has 1 aliphatic heterocycles. The van der Waals surface area contributed by atoms with E-state index in [-0.39, 0.29) is 0 Å². The Morgan fingerprint density at radius 3 is 1.79 bits per heavy atom. The first-order valence-corrected chi connectivity index (χ1v) is 16.0. The van der Waals surface area contributed by atoms with Crippen molar-refractivity contribution in [3.63, 3.8) is 0 Å². The molecule has 0 saturated heterocycles. The molecule has 0 fully saturated rings. The number of rotatable bonds is 2. The zero-order valence-corrected chi connectivity index (χ0v) is 25.4. The van der Waals surface area contributed by atoms with E-state index in [1.54, 1.807) is 0 Å². The fourth-order valence-corrected chi connectivity index (χ4v) is 8.38. The maximum absolute atomic E-state index is 9.48. The zero-order valence-electron chi connectivity index (χ0n) is 25.4. The van der Waals surface area contributed by atoms with Gasteiger partial charge in [0.1, 0.15) is 0 Å². The van der Waals surface area contributed by atoms with Crippen molar-refractivity contribution >= 4 is 38.9 Å². The summed E-state index contributed by atoms with van der Waals surface area (Å²) in [5.74, 6) is 0. The molecule has 0 bridgehead atoms. The van der Waals surface area contributed by atoms with Crippen LogP contribution < -0.4 is 4.90 Å². The van der Waals surface area contributed by atoms with E-state index in [0.29, 0.717) is 5.56 Å². The van der Waals surface area contributed by atoms with Crippen molar-refractivity contribution in [1.29, 1.82) is 5.26 Å². The Hall–Kier alpha value is -6.37. The quantitative estimate of drug-likeness (QED) is 0.199. The standard InChI is InChI=1S/C44H27N3/c45-28-29-22-24-31(25-23-29)46-40-19-9-5-15-33(40)35-26-39-34(27-43(35)46)32-14-4-6-16-36(32)44(39)37-17-7-10-20-41(37)47(30-12-2-1-3-13-30)42-21-11-8-18-38(42)44/h1-27H. The predicted octanol–water partition coefficient (Wildman–Crippen LogP) is 10.8. The molecule has 1 spiro atoms. The number of fused-ring (bicyclic) bond motifs is 12. The normalized spacial score (nSPS) is 13.6. The topological polar surface area (TPSA) is 32.0 Å². The molecular formula is C44H27N3. The van der Waals surface area contributed by atoms with Gasteiger partial charge in [-0.25, -0.2) is 0 Å². The smallest absolute Gasteiger partial charge is 0.0991 e. The van der Waals surface area contributed by atoms with Gasteiger partial charge < -0.3 is 9.47 Å². The molecule has 3 heteroatoms. The Kier molecular flexibility index (Phi) is 5.27. The minimum absolute atomic E-state index is 0.504. The van der Waals surface area contributed by atoms with Crippen molar-refractivity contribution < 1.29 is 0 Å². The Morgan fingerprint density at radius 1 is 0.447 bits per heavy atom. The van der Waals surface area contributed by atoms with Gasteiger partial charge in [0, 0.05) is 22.1 Å². The molecule has 1 aliphatic carbocycles. The lowest BCUT2D eigenvalue weighted by Crippen LogP contribution is -2.36. The Labute approximate surface area is 272 Å². The monoisotopic (exact) mass is 597 g/mol. The highest BCUT2D eigenvalue weighted by Gasteiger charge is 2.51. The lowest BCUT2D eigenvalue weighted by atomic mass is 9.64. The summed E-state index contributed by atoms with van der Waals surface area (Å²) in [5.41, 5.74) is 14.7. The predicted molar refractivity (Wildman–Crippen MR) is 191 cm³/mol. The van der Waals surface area contributed by atoms with Crippen molar-refractivity contribution in [3.05, 3.63) is 192 Å². The van der Waals surface area contributed by atoms with E-state index >= 15 is 0 Å². The van der Waals surface area contributed by atoms with Crippen LogP contribution in [-0.2, 0) is 5.41 Å². The van der Waals surface area contributed by atoms with Crippen LogP contribution >= 0.6 is 0 Å². The number of nitriles is 1. The summed E-state index contributed by atoms with van der Waals surface area (Å²) in [6.07, 6.45) is 0. The van der Waals surface area contributed by atoms with Gasteiger partial charge >= 0.3 is 0 Å². The molecule has 7 aromatic carbocycles. The van der Waals surface area contributed by atoms with E-state index in [2.05, 4.69) is 167 Å². The summed E-state index contributed by atoms with van der Waals surface area (Å²) in [4.78, 5) is 2.42. The van der Waals surface area contributed by atoms with Crippen LogP contribution in [0, 0.1) is 11.3 Å². The molecule has 1 aromatic heterocycles. The van der Waals surface area contributed by atoms with Gasteiger partial charge in [0.2, 0.25) is 0 Å². The highest BCUT2D eigenvalue weighted by molar-refractivity contribution is 6.12. The van der Waals surface area contributed by atoms with Gasteiger partial charge in [0.25, 0.3) is 0 Å². The molecular weight excluding hydrogens is 571 g/mol. The van der Waals surface area contributed by atoms with Crippen LogP contribution in [0.5, 0.6) is 0 Å². The summed E-state index contributed by atoms with van der Waals surface area (Å²) in [7, 11) is 0. The van der Waals surface area contributed by atoms with Crippen LogP contribution in [0.15, 0.2) is 164 Å². The van der Waals surface area contributed by atoms with Crippen molar-refractivity contribution in [3.8, 4) is 22.9 Å². The Bertz CT molecular complexity index is 2540.